The second-order valence-corrected chi connectivity index (χ2v) is 12.8. The zero-order chi connectivity index (χ0) is 39.1. The van der Waals surface area contributed by atoms with Gasteiger partial charge in [-0.05, 0) is 75.6 Å². The van der Waals surface area contributed by atoms with E-state index in [0.29, 0.717) is 0 Å². The highest BCUT2D eigenvalue weighted by Gasteiger charge is 2.25. The quantitative estimate of drug-likeness (QED) is 0.132. The molecule has 4 aromatic rings. The summed E-state index contributed by atoms with van der Waals surface area (Å²) >= 11 is 0. The molecule has 2 aromatic carbocycles. The van der Waals surface area contributed by atoms with Crippen molar-refractivity contribution in [1.82, 2.24) is 9.13 Å². The number of aromatic hydroxyl groups is 2. The number of hydrogen-bond donors (Lipinski definition) is 2. The number of nitrogens with zero attached hydrogens (tertiary/aromatic N) is 8. The lowest BCUT2D eigenvalue weighted by Crippen LogP contribution is -2.24. The first-order valence-electron chi connectivity index (χ1n) is 16.9. The monoisotopic (exact) mass is 732 g/mol. The third kappa shape index (κ3) is 7.93. The Hall–Kier alpha value is -6.94. The molecule has 2 aromatic heterocycles. The smallest absolute Gasteiger partial charge is 0.340 e. The van der Waals surface area contributed by atoms with Gasteiger partial charge in [-0.3, -0.25) is 18.7 Å². The van der Waals surface area contributed by atoms with E-state index in [1.165, 1.54) is 40.1 Å². The van der Waals surface area contributed by atoms with Gasteiger partial charge in [0, 0.05) is 25.2 Å². The van der Waals surface area contributed by atoms with Crippen molar-refractivity contribution in [2.75, 3.05) is 13.2 Å². The number of hydrogen-bond acceptors (Lipinski definition) is 14. The molecule has 0 amide bonds. The van der Waals surface area contributed by atoms with Crippen molar-refractivity contribution >= 4 is 34.7 Å². The van der Waals surface area contributed by atoms with Crippen LogP contribution >= 0.6 is 0 Å². The lowest BCUT2D eigenvalue weighted by molar-refractivity contribution is 0.0298. The molecule has 2 heterocycles. The number of azo groups is 2. The molecule has 2 N–H and O–H groups in total. The van der Waals surface area contributed by atoms with Gasteiger partial charge in [-0.1, -0.05) is 24.3 Å². The zero-order valence-electron chi connectivity index (χ0n) is 29.9. The van der Waals surface area contributed by atoms with E-state index < -0.39 is 34.8 Å². The molecule has 0 unspecified atom stereocenters. The van der Waals surface area contributed by atoms with E-state index in [4.69, 9.17) is 9.47 Å². The number of nitriles is 2. The first-order chi connectivity index (χ1) is 25.9. The van der Waals surface area contributed by atoms with Crippen LogP contribution in [0.5, 0.6) is 11.8 Å². The second-order valence-electron chi connectivity index (χ2n) is 12.8. The number of benzene rings is 2. The lowest BCUT2D eigenvalue weighted by atomic mass is 9.83. The number of rotatable bonds is 10. The normalized spacial score (nSPS) is 15.5. The summed E-state index contributed by atoms with van der Waals surface area (Å²) < 4.78 is 13.1. The highest BCUT2D eigenvalue weighted by molar-refractivity contribution is 5.95. The average Bonchev–Trinajstić information content (AvgIpc) is 3.18. The van der Waals surface area contributed by atoms with Crippen molar-refractivity contribution in [3.63, 3.8) is 0 Å². The Bertz CT molecular complexity index is 2230. The third-order valence-electron chi connectivity index (χ3n) is 9.41. The van der Waals surface area contributed by atoms with Crippen LogP contribution < -0.4 is 11.1 Å². The van der Waals surface area contributed by atoms with Crippen LogP contribution in [0.2, 0.25) is 0 Å². The van der Waals surface area contributed by atoms with Crippen LogP contribution in [0.4, 0.5) is 22.7 Å². The van der Waals surface area contributed by atoms with Gasteiger partial charge < -0.3 is 19.7 Å². The van der Waals surface area contributed by atoms with E-state index in [9.17, 15) is 39.9 Å². The minimum absolute atomic E-state index is 0.0838. The molecule has 0 aliphatic heterocycles. The number of pyridine rings is 2. The van der Waals surface area contributed by atoms with Gasteiger partial charge in [0.1, 0.15) is 34.6 Å². The highest BCUT2D eigenvalue weighted by atomic mass is 16.5. The highest BCUT2D eigenvalue weighted by Crippen LogP contribution is 2.32. The first-order valence-corrected chi connectivity index (χ1v) is 16.9. The summed E-state index contributed by atoms with van der Waals surface area (Å²) in [6.07, 6.45) is 2.94. The largest absolute Gasteiger partial charge is 0.493 e. The maximum Gasteiger partial charge on any atom is 0.340 e. The molecule has 54 heavy (non-hydrogen) atoms. The molecule has 0 radical (unpaired) electrons. The van der Waals surface area contributed by atoms with E-state index in [1.54, 1.807) is 36.4 Å². The van der Waals surface area contributed by atoms with Crippen LogP contribution in [0.3, 0.4) is 0 Å². The van der Waals surface area contributed by atoms with Gasteiger partial charge in [0.15, 0.2) is 11.4 Å². The van der Waals surface area contributed by atoms with E-state index in [2.05, 4.69) is 20.5 Å². The van der Waals surface area contributed by atoms with E-state index in [-0.39, 0.29) is 81.2 Å². The molecule has 1 aliphatic carbocycles. The maximum atomic E-state index is 13.1. The van der Waals surface area contributed by atoms with Crippen molar-refractivity contribution in [3.05, 3.63) is 103 Å². The zero-order valence-corrected chi connectivity index (χ0v) is 29.9. The summed E-state index contributed by atoms with van der Waals surface area (Å²) in [5.41, 5.74) is -0.878. The van der Waals surface area contributed by atoms with Crippen LogP contribution in [0.15, 0.2) is 78.6 Å². The molecule has 1 aliphatic rings. The molecule has 276 valence electrons. The predicted molar refractivity (Wildman–Crippen MR) is 193 cm³/mol. The molecule has 1 fully saturated rings. The molecular weight excluding hydrogens is 696 g/mol. The number of carbonyl (C=O) groups is 2. The van der Waals surface area contributed by atoms with Gasteiger partial charge in [-0.25, -0.2) is 9.59 Å². The van der Waals surface area contributed by atoms with Gasteiger partial charge >= 0.3 is 11.9 Å². The Morgan fingerprint density at radius 3 is 1.39 bits per heavy atom. The van der Waals surface area contributed by atoms with Crippen molar-refractivity contribution in [2.24, 2.45) is 46.4 Å². The summed E-state index contributed by atoms with van der Waals surface area (Å²) in [6, 6.07) is 16.5. The van der Waals surface area contributed by atoms with Crippen LogP contribution in [0.1, 0.15) is 68.7 Å². The molecule has 0 bridgehead atoms. The van der Waals surface area contributed by atoms with Crippen LogP contribution in [0.25, 0.3) is 0 Å². The van der Waals surface area contributed by atoms with E-state index in [1.807, 2.05) is 12.1 Å². The van der Waals surface area contributed by atoms with Crippen molar-refractivity contribution in [1.29, 1.82) is 10.5 Å². The fourth-order valence-corrected chi connectivity index (χ4v) is 6.02. The van der Waals surface area contributed by atoms with Crippen LogP contribution in [-0.2, 0) is 23.6 Å². The third-order valence-corrected chi connectivity index (χ3v) is 9.41. The second kappa shape index (κ2) is 16.6. The predicted octanol–water partition coefficient (Wildman–Crippen LogP) is 6.51. The summed E-state index contributed by atoms with van der Waals surface area (Å²) in [7, 11) is 2.61. The van der Waals surface area contributed by atoms with Gasteiger partial charge in [-0.15, -0.1) is 20.5 Å². The minimum atomic E-state index is -0.655. The van der Waals surface area contributed by atoms with Gasteiger partial charge in [-0.2, -0.15) is 10.5 Å². The number of aromatic nitrogens is 2. The van der Waals surface area contributed by atoms with Crippen LogP contribution in [0, 0.1) is 48.3 Å². The average molecular weight is 733 g/mol. The summed E-state index contributed by atoms with van der Waals surface area (Å²) in [5.74, 6) is -2.02. The molecule has 1 saturated carbocycles. The molecule has 5 rings (SSSR count). The topological polar surface area (TPSA) is 234 Å². The minimum Gasteiger partial charge on any atom is -0.493 e. The Morgan fingerprint density at radius 1 is 0.685 bits per heavy atom. The summed E-state index contributed by atoms with van der Waals surface area (Å²) in [6.45, 7) is 3.28. The maximum absolute atomic E-state index is 13.1. The van der Waals surface area contributed by atoms with Gasteiger partial charge in [0.2, 0.25) is 11.8 Å². The Kier molecular flexibility index (Phi) is 11.8. The fourth-order valence-electron chi connectivity index (χ4n) is 6.02. The van der Waals surface area contributed by atoms with Crippen molar-refractivity contribution in [3.8, 4) is 23.9 Å². The molecular formula is C38H36N8O8. The standard InChI is InChI=1S/C38H36N8O8/c1-21-27(17-39)33(47)45(3)35(49)31(21)43-41-29-11-7-5-9-25(29)37(51)53-19-23-13-15-24(16-14-23)20-54-38(52)26-10-6-8-12-30(26)42-44-32-22(2)28(18-40)34(48)46(4)36(32)50/h5-12,23-24,47-48H,13-16,19-20H2,1-4H3. The van der Waals surface area contributed by atoms with Crippen molar-refractivity contribution in [2.45, 2.75) is 39.5 Å². The SMILES string of the molecule is Cc1c(C#N)c(O)n(C)c(=O)c1N=Nc1ccccc1C(=O)OCC1CCC(COC(=O)c2ccccc2N=Nc2c(C)c(C#N)c(O)n(C)c2=O)CC1. The molecule has 0 spiro atoms. The lowest BCUT2D eigenvalue weighted by Gasteiger charge is -2.27. The van der Waals surface area contributed by atoms with E-state index >= 15 is 0 Å². The Morgan fingerprint density at radius 2 is 1.04 bits per heavy atom. The first kappa shape index (κ1) is 38.3. The Labute approximate surface area is 308 Å². The Balaban J connectivity index is 1.15. The number of carbonyl (C=O) groups excluding carboxylic acids is 2. The van der Waals surface area contributed by atoms with E-state index in [0.717, 1.165) is 34.8 Å². The molecule has 16 heteroatoms. The molecule has 16 nitrogen and oxygen atoms in total. The molecule has 0 saturated heterocycles. The number of esters is 2. The summed E-state index contributed by atoms with van der Waals surface area (Å²) in [4.78, 5) is 51.6. The summed E-state index contributed by atoms with van der Waals surface area (Å²) in [5, 5.41) is 55.3. The van der Waals surface area contributed by atoms with Crippen LogP contribution in [-0.4, -0.2) is 44.5 Å². The van der Waals surface area contributed by atoms with Crippen molar-refractivity contribution < 1.29 is 29.3 Å². The van der Waals surface area contributed by atoms with Gasteiger partial charge in [0.25, 0.3) is 11.1 Å². The fraction of sp³-hybridized carbons (Fsp3) is 0.316. The molecule has 0 atom stereocenters. The van der Waals surface area contributed by atoms with Gasteiger partial charge in [0.05, 0.1) is 24.3 Å². The number of ether oxygens (including phenoxy) is 2.